The molecule has 0 spiro atoms. The van der Waals surface area contributed by atoms with Gasteiger partial charge >= 0.3 is 5.97 Å². The monoisotopic (exact) mass is 546 g/mol. The Morgan fingerprint density at radius 2 is 1.65 bits per heavy atom. The zero-order valence-electron chi connectivity index (χ0n) is 23.1. The Kier molecular flexibility index (Phi) is 8.72. The summed E-state index contributed by atoms with van der Waals surface area (Å²) >= 11 is 0. The molecule has 4 aliphatic carbocycles. The number of carboxylic acids is 1. The largest absolute Gasteiger partial charge is 0.489 e. The van der Waals surface area contributed by atoms with E-state index in [1.165, 1.54) is 37.5 Å². The molecule has 0 atom stereocenters. The fraction of sp³-hybridized carbons (Fsp3) is 0.455. The van der Waals surface area contributed by atoms with Crippen LogP contribution in [0.1, 0.15) is 70.4 Å². The van der Waals surface area contributed by atoms with E-state index in [0.29, 0.717) is 30.3 Å². The highest BCUT2D eigenvalue weighted by molar-refractivity contribution is 6.09. The molecule has 0 radical (unpaired) electrons. The van der Waals surface area contributed by atoms with Gasteiger partial charge in [-0.2, -0.15) is 0 Å². The first-order valence-corrected chi connectivity index (χ1v) is 14.1. The van der Waals surface area contributed by atoms with Crippen molar-refractivity contribution in [2.45, 2.75) is 43.9 Å². The van der Waals surface area contributed by atoms with Gasteiger partial charge in [0.05, 0.1) is 24.3 Å². The maximum Gasteiger partial charge on any atom is 0.335 e. The van der Waals surface area contributed by atoms with Gasteiger partial charge in [-0.3, -0.25) is 4.79 Å². The Morgan fingerprint density at radius 1 is 0.975 bits per heavy atom. The van der Waals surface area contributed by atoms with Crippen molar-refractivity contribution >= 4 is 17.8 Å². The van der Waals surface area contributed by atoms with Crippen LogP contribution >= 0.6 is 0 Å². The Hall–Kier alpha value is -3.42. The molecule has 4 saturated carbocycles. The van der Waals surface area contributed by atoms with E-state index in [4.69, 9.17) is 24.1 Å². The number of methoxy groups -OCH3 is 1. The minimum Gasteiger partial charge on any atom is -0.489 e. The third-order valence-electron chi connectivity index (χ3n) is 8.63. The highest BCUT2D eigenvalue weighted by atomic mass is 16.7. The van der Waals surface area contributed by atoms with Crippen LogP contribution in [0.25, 0.3) is 6.08 Å². The van der Waals surface area contributed by atoms with Gasteiger partial charge in [-0.25, -0.2) is 4.79 Å². The molecular formula is C33H38O7. The number of ketones is 1. The minimum absolute atomic E-state index is 0.0149. The quantitative estimate of drug-likeness (QED) is 0.0976. The van der Waals surface area contributed by atoms with Crippen molar-refractivity contribution in [2.24, 2.45) is 17.8 Å². The molecular weight excluding hydrogens is 508 g/mol. The summed E-state index contributed by atoms with van der Waals surface area (Å²) in [6.07, 6.45) is 12.1. The summed E-state index contributed by atoms with van der Waals surface area (Å²) in [5.74, 6) is 2.15. The number of carbonyl (C=O) groups is 2. The SMILES string of the molecule is C=CCOc1cc(OCOCCOC)c(C23CC4CC(CC(C4)C2)C3)cc1C(=O)/C=C/c1ccc(C(=O)O)cc1. The van der Waals surface area contributed by atoms with E-state index in [1.54, 1.807) is 31.4 Å². The molecule has 212 valence electrons. The van der Waals surface area contributed by atoms with E-state index < -0.39 is 5.97 Å². The van der Waals surface area contributed by atoms with Crippen LogP contribution in [0.2, 0.25) is 0 Å². The predicted molar refractivity (Wildman–Crippen MR) is 152 cm³/mol. The fourth-order valence-electron chi connectivity index (χ4n) is 7.30. The lowest BCUT2D eigenvalue weighted by molar-refractivity contribution is -0.0190. The topological polar surface area (TPSA) is 91.3 Å². The van der Waals surface area contributed by atoms with E-state index in [0.717, 1.165) is 48.1 Å². The minimum atomic E-state index is -0.987. The molecule has 0 unspecified atom stereocenters. The zero-order chi connectivity index (χ0) is 28.1. The van der Waals surface area contributed by atoms with Crippen LogP contribution in [0.4, 0.5) is 0 Å². The van der Waals surface area contributed by atoms with E-state index in [1.807, 2.05) is 12.1 Å². The summed E-state index contributed by atoms with van der Waals surface area (Å²) in [4.78, 5) is 24.8. The molecule has 40 heavy (non-hydrogen) atoms. The second-order valence-electron chi connectivity index (χ2n) is 11.4. The van der Waals surface area contributed by atoms with Gasteiger partial charge < -0.3 is 24.1 Å². The second kappa shape index (κ2) is 12.4. The normalized spacial score (nSPS) is 24.8. The van der Waals surface area contributed by atoms with Crippen molar-refractivity contribution < 1.29 is 33.6 Å². The van der Waals surface area contributed by atoms with Crippen LogP contribution in [0.3, 0.4) is 0 Å². The fourth-order valence-corrected chi connectivity index (χ4v) is 7.30. The number of carbonyl (C=O) groups excluding carboxylic acids is 1. The molecule has 0 aliphatic heterocycles. The lowest BCUT2D eigenvalue weighted by Crippen LogP contribution is -2.48. The summed E-state index contributed by atoms with van der Waals surface area (Å²) < 4.78 is 22.9. The predicted octanol–water partition coefficient (Wildman–Crippen LogP) is 6.31. The standard InChI is InChI=1S/C33H38O7/c1-3-10-39-30-17-31(40-21-38-12-11-37-2)28(33-18-23-13-24(19-33)15-25(14-23)20-33)16-27(30)29(34)9-6-22-4-7-26(8-5-22)32(35)36/h3-9,16-17,23-25H,1,10-15,18-21H2,2H3,(H,35,36)/b9-6+. The number of hydrogen-bond acceptors (Lipinski definition) is 6. The maximum absolute atomic E-state index is 13.6. The van der Waals surface area contributed by atoms with Crippen molar-refractivity contribution in [3.63, 3.8) is 0 Å². The van der Waals surface area contributed by atoms with Crippen molar-refractivity contribution in [1.29, 1.82) is 0 Å². The third-order valence-corrected chi connectivity index (χ3v) is 8.63. The number of rotatable bonds is 14. The van der Waals surface area contributed by atoms with Gasteiger partial charge in [0.2, 0.25) is 0 Å². The van der Waals surface area contributed by atoms with E-state index in [9.17, 15) is 9.59 Å². The summed E-state index contributed by atoms with van der Waals surface area (Å²) in [6.45, 7) is 5.01. The molecule has 1 N–H and O–H groups in total. The van der Waals surface area contributed by atoms with Gasteiger partial charge in [-0.1, -0.05) is 30.9 Å². The Bertz CT molecular complexity index is 1230. The van der Waals surface area contributed by atoms with Crippen LogP contribution in [0, 0.1) is 17.8 Å². The van der Waals surface area contributed by atoms with E-state index in [-0.39, 0.29) is 30.2 Å². The molecule has 2 aromatic carbocycles. The summed E-state index contributed by atoms with van der Waals surface area (Å²) in [5, 5.41) is 9.16. The van der Waals surface area contributed by atoms with Crippen LogP contribution < -0.4 is 9.47 Å². The first kappa shape index (κ1) is 28.1. The lowest BCUT2D eigenvalue weighted by atomic mass is 9.48. The van der Waals surface area contributed by atoms with Gasteiger partial charge in [0.25, 0.3) is 0 Å². The molecule has 0 saturated heterocycles. The molecule has 7 heteroatoms. The first-order chi connectivity index (χ1) is 19.4. The Morgan fingerprint density at radius 3 is 2.25 bits per heavy atom. The molecule has 2 aromatic rings. The number of benzene rings is 2. The van der Waals surface area contributed by atoms with Crippen molar-refractivity contribution in [1.82, 2.24) is 0 Å². The molecule has 4 aliphatic rings. The Labute approximate surface area is 235 Å². The maximum atomic E-state index is 13.6. The van der Waals surface area contributed by atoms with E-state index in [2.05, 4.69) is 6.58 Å². The molecule has 0 heterocycles. The molecule has 6 rings (SSSR count). The van der Waals surface area contributed by atoms with Gasteiger partial charge in [-0.15, -0.1) is 0 Å². The number of hydrogen-bond donors (Lipinski definition) is 1. The molecule has 4 bridgehead atoms. The lowest BCUT2D eigenvalue weighted by Gasteiger charge is -2.57. The van der Waals surface area contributed by atoms with Gasteiger partial charge in [0.1, 0.15) is 18.1 Å². The average molecular weight is 547 g/mol. The summed E-state index contributed by atoms with van der Waals surface area (Å²) in [7, 11) is 1.63. The second-order valence-corrected chi connectivity index (χ2v) is 11.4. The molecule has 0 amide bonds. The van der Waals surface area contributed by atoms with E-state index >= 15 is 0 Å². The number of ether oxygens (including phenoxy) is 4. The number of carboxylic acid groups (broad SMARTS) is 1. The van der Waals surface area contributed by atoms with Crippen molar-refractivity contribution in [3.8, 4) is 11.5 Å². The van der Waals surface area contributed by atoms with Crippen molar-refractivity contribution in [3.05, 3.63) is 77.4 Å². The molecule has 4 fully saturated rings. The third kappa shape index (κ3) is 6.16. The summed E-state index contributed by atoms with van der Waals surface area (Å²) in [5.41, 5.74) is 2.49. The first-order valence-electron chi connectivity index (χ1n) is 14.1. The van der Waals surface area contributed by atoms with Gasteiger partial charge in [0, 0.05) is 18.7 Å². The molecule has 0 aromatic heterocycles. The molecule has 7 nitrogen and oxygen atoms in total. The van der Waals surface area contributed by atoms with Crippen LogP contribution in [-0.2, 0) is 14.9 Å². The van der Waals surface area contributed by atoms with Gasteiger partial charge in [-0.05, 0) is 91.5 Å². The smallest absolute Gasteiger partial charge is 0.335 e. The zero-order valence-corrected chi connectivity index (χ0v) is 23.1. The number of aromatic carboxylic acids is 1. The highest BCUT2D eigenvalue weighted by Crippen LogP contribution is 2.62. The van der Waals surface area contributed by atoms with Crippen LogP contribution in [0.5, 0.6) is 11.5 Å². The van der Waals surface area contributed by atoms with Crippen LogP contribution in [0.15, 0.2) is 55.1 Å². The summed E-state index contributed by atoms with van der Waals surface area (Å²) in [6, 6.07) is 10.3. The Balaban J connectivity index is 1.49. The number of allylic oxidation sites excluding steroid dienone is 1. The average Bonchev–Trinajstić information content (AvgIpc) is 2.94. The highest BCUT2D eigenvalue weighted by Gasteiger charge is 2.52. The van der Waals surface area contributed by atoms with Gasteiger partial charge in [0.15, 0.2) is 12.6 Å². The van der Waals surface area contributed by atoms with Crippen LogP contribution in [-0.4, -0.2) is 50.6 Å². The van der Waals surface area contributed by atoms with Crippen molar-refractivity contribution in [2.75, 3.05) is 33.7 Å².